The average Bonchev–Trinajstić information content (AvgIpc) is 3.03. The maximum absolute atomic E-state index is 13.1. The summed E-state index contributed by atoms with van der Waals surface area (Å²) >= 11 is 5.61. The number of benzene rings is 3. The van der Waals surface area contributed by atoms with E-state index in [4.69, 9.17) is 25.8 Å². The zero-order valence-corrected chi connectivity index (χ0v) is 24.8. The molecule has 3 aromatic carbocycles. The first-order chi connectivity index (χ1) is 21.9. The highest BCUT2D eigenvalue weighted by atomic mass is 35.5. The molecule has 15 heteroatoms. The van der Waals surface area contributed by atoms with Crippen LogP contribution in [0.4, 0.5) is 29.3 Å². The van der Waals surface area contributed by atoms with Gasteiger partial charge in [0.05, 0.1) is 24.8 Å². The summed E-state index contributed by atoms with van der Waals surface area (Å²) in [6, 6.07) is 16.2. The molecule has 4 rings (SSSR count). The first kappa shape index (κ1) is 33.1. The number of hydrogen-bond acceptors (Lipinski definition) is 7. The van der Waals surface area contributed by atoms with E-state index >= 15 is 0 Å². The number of alkyl halides is 3. The lowest BCUT2D eigenvalue weighted by Crippen LogP contribution is -2.41. The van der Waals surface area contributed by atoms with E-state index in [-0.39, 0.29) is 17.1 Å². The van der Waals surface area contributed by atoms with Gasteiger partial charge in [-0.25, -0.2) is 4.79 Å². The quantitative estimate of drug-likeness (QED) is 0.116. The molecule has 46 heavy (non-hydrogen) atoms. The number of pyridine rings is 1. The van der Waals surface area contributed by atoms with Crippen molar-refractivity contribution < 1.29 is 41.8 Å². The van der Waals surface area contributed by atoms with Crippen molar-refractivity contribution in [3.8, 4) is 23.0 Å². The lowest BCUT2D eigenvalue weighted by Gasteiger charge is -2.12. The molecule has 4 aromatic rings. The fourth-order valence-corrected chi connectivity index (χ4v) is 4.03. The van der Waals surface area contributed by atoms with E-state index in [2.05, 4.69) is 26.5 Å². The molecule has 0 spiro atoms. The number of halogens is 4. The van der Waals surface area contributed by atoms with E-state index in [0.29, 0.717) is 28.5 Å². The van der Waals surface area contributed by atoms with Crippen LogP contribution in [0.2, 0.25) is 5.02 Å². The molecular weight excluding hydrogens is 631 g/mol. The normalized spacial score (nSPS) is 11.0. The number of amides is 4. The Labute approximate surface area is 265 Å². The van der Waals surface area contributed by atoms with E-state index < -0.39 is 34.6 Å². The molecule has 0 unspecified atom stereocenters. The predicted molar refractivity (Wildman–Crippen MR) is 164 cm³/mol. The van der Waals surface area contributed by atoms with Crippen LogP contribution in [-0.2, 0) is 11.0 Å². The van der Waals surface area contributed by atoms with E-state index in [0.717, 1.165) is 12.1 Å². The zero-order valence-electron chi connectivity index (χ0n) is 24.1. The summed E-state index contributed by atoms with van der Waals surface area (Å²) in [5, 5.41) is 4.33. The number of nitrogens with one attached hydrogen (secondary N) is 4. The molecule has 0 bridgehead atoms. The molecule has 4 N–H and O–H groups in total. The Kier molecular flexibility index (Phi) is 10.7. The summed E-state index contributed by atoms with van der Waals surface area (Å²) in [6.45, 7) is 0. The number of urea groups is 1. The van der Waals surface area contributed by atoms with Gasteiger partial charge >= 0.3 is 12.2 Å². The maximum atomic E-state index is 13.1. The van der Waals surface area contributed by atoms with Gasteiger partial charge in [-0.1, -0.05) is 17.7 Å². The lowest BCUT2D eigenvalue weighted by atomic mass is 10.2. The van der Waals surface area contributed by atoms with Crippen molar-refractivity contribution in [2.75, 3.05) is 24.9 Å². The van der Waals surface area contributed by atoms with Crippen LogP contribution in [0.5, 0.6) is 23.0 Å². The molecule has 238 valence electrons. The van der Waals surface area contributed by atoms with Gasteiger partial charge in [0, 0.05) is 29.7 Å². The molecule has 1 aromatic heterocycles. The van der Waals surface area contributed by atoms with E-state index in [9.17, 15) is 27.6 Å². The number of ether oxygens (including phenoxy) is 3. The SMILES string of the molecule is COc1ccc(C=CC(=O)NNC(=O)c2cc(Oc3ccc(NC(=O)Nc4ccc(Cl)c(C(F)(F)F)c4)cc3)ccn2)cc1OC. The Hall–Kier alpha value is -5.76. The molecule has 11 nitrogen and oxygen atoms in total. The summed E-state index contributed by atoms with van der Waals surface area (Å²) in [6.07, 6.45) is -0.596. The monoisotopic (exact) mass is 655 g/mol. The van der Waals surface area contributed by atoms with Gasteiger partial charge in [-0.3, -0.25) is 25.4 Å². The third-order valence-corrected chi connectivity index (χ3v) is 6.31. The second-order valence-electron chi connectivity index (χ2n) is 9.17. The second kappa shape index (κ2) is 14.8. The largest absolute Gasteiger partial charge is 0.493 e. The number of hydrogen-bond donors (Lipinski definition) is 4. The Bertz CT molecular complexity index is 1770. The fraction of sp³-hybridized carbons (Fsp3) is 0.0968. The number of nitrogens with zero attached hydrogens (tertiary/aromatic N) is 1. The smallest absolute Gasteiger partial charge is 0.417 e. The van der Waals surface area contributed by atoms with Gasteiger partial charge in [0.15, 0.2) is 11.5 Å². The van der Waals surface area contributed by atoms with Crippen LogP contribution in [0, 0.1) is 0 Å². The molecule has 0 atom stereocenters. The highest BCUT2D eigenvalue weighted by Gasteiger charge is 2.33. The van der Waals surface area contributed by atoms with Gasteiger partial charge in [-0.15, -0.1) is 0 Å². The zero-order chi connectivity index (χ0) is 33.3. The Morgan fingerprint density at radius 3 is 2.20 bits per heavy atom. The van der Waals surface area contributed by atoms with Crippen molar-refractivity contribution in [3.63, 3.8) is 0 Å². The molecule has 0 radical (unpaired) electrons. The minimum atomic E-state index is -4.68. The van der Waals surface area contributed by atoms with E-state index in [1.54, 1.807) is 18.2 Å². The number of hydrazine groups is 1. The number of rotatable bonds is 9. The third-order valence-electron chi connectivity index (χ3n) is 5.98. The third kappa shape index (κ3) is 9.12. The lowest BCUT2D eigenvalue weighted by molar-refractivity contribution is -0.137. The summed E-state index contributed by atoms with van der Waals surface area (Å²) in [5.41, 5.74) is 4.29. The second-order valence-corrected chi connectivity index (χ2v) is 9.57. The number of carbonyl (C=O) groups excluding carboxylic acids is 3. The Morgan fingerprint density at radius 1 is 0.804 bits per heavy atom. The standard InChI is InChI=1S/C31H25ClF3N5O6/c1-44-26-11-3-18(15-27(26)45-2)4-12-28(41)39-40-29(42)25-17-22(13-14-36-25)46-21-8-5-19(6-9-21)37-30(43)38-20-7-10-24(32)23(16-20)31(33,34)35/h3-17H,1-2H3,(H,39,41)(H,40,42)(H2,37,38,43). The number of aromatic nitrogens is 1. The van der Waals surface area contributed by atoms with Crippen LogP contribution in [-0.4, -0.2) is 37.0 Å². The molecule has 1 heterocycles. The first-order valence-electron chi connectivity index (χ1n) is 13.1. The highest BCUT2D eigenvalue weighted by molar-refractivity contribution is 6.31. The number of anilines is 2. The molecule has 0 aliphatic heterocycles. The topological polar surface area (TPSA) is 140 Å². The van der Waals surface area contributed by atoms with Crippen molar-refractivity contribution in [3.05, 3.63) is 107 Å². The summed E-state index contributed by atoms with van der Waals surface area (Å²) in [4.78, 5) is 41.0. The summed E-state index contributed by atoms with van der Waals surface area (Å²) < 4.78 is 55.4. The van der Waals surface area contributed by atoms with Crippen LogP contribution in [0.25, 0.3) is 6.08 Å². The van der Waals surface area contributed by atoms with E-state index in [1.165, 1.54) is 75.0 Å². The molecule has 4 amide bonds. The number of carbonyl (C=O) groups is 3. The predicted octanol–water partition coefficient (Wildman–Crippen LogP) is 6.68. The van der Waals surface area contributed by atoms with Crippen LogP contribution < -0.4 is 35.7 Å². The van der Waals surface area contributed by atoms with E-state index in [1.807, 2.05) is 0 Å². The fourth-order valence-electron chi connectivity index (χ4n) is 3.81. The average molecular weight is 656 g/mol. The van der Waals surface area contributed by atoms with Crippen molar-refractivity contribution in [1.82, 2.24) is 15.8 Å². The van der Waals surface area contributed by atoms with Gasteiger partial charge < -0.3 is 24.8 Å². The molecule has 0 aliphatic carbocycles. The summed E-state index contributed by atoms with van der Waals surface area (Å²) in [7, 11) is 3.00. The van der Waals surface area contributed by atoms with Crippen molar-refractivity contribution >= 4 is 46.9 Å². The van der Waals surface area contributed by atoms with Crippen molar-refractivity contribution in [2.24, 2.45) is 0 Å². The van der Waals surface area contributed by atoms with Crippen molar-refractivity contribution in [2.45, 2.75) is 6.18 Å². The highest BCUT2D eigenvalue weighted by Crippen LogP contribution is 2.36. The minimum absolute atomic E-state index is 0.0486. The Morgan fingerprint density at radius 2 is 1.50 bits per heavy atom. The van der Waals surface area contributed by atoms with Gasteiger partial charge in [-0.2, -0.15) is 13.2 Å². The molecular formula is C31H25ClF3N5O6. The van der Waals surface area contributed by atoms with Gasteiger partial charge in [0.2, 0.25) is 0 Å². The molecule has 0 saturated heterocycles. The minimum Gasteiger partial charge on any atom is -0.493 e. The molecule has 0 aliphatic rings. The van der Waals surface area contributed by atoms with Gasteiger partial charge in [0.25, 0.3) is 11.8 Å². The number of methoxy groups -OCH3 is 2. The van der Waals surface area contributed by atoms with Gasteiger partial charge in [0.1, 0.15) is 17.2 Å². The van der Waals surface area contributed by atoms with Crippen LogP contribution in [0.15, 0.2) is 85.1 Å². The van der Waals surface area contributed by atoms with Crippen molar-refractivity contribution in [1.29, 1.82) is 0 Å². The maximum Gasteiger partial charge on any atom is 0.417 e. The van der Waals surface area contributed by atoms with Gasteiger partial charge in [-0.05, 0) is 72.3 Å². The summed E-state index contributed by atoms with van der Waals surface area (Å²) in [5.74, 6) is 0.316. The van der Waals surface area contributed by atoms with Crippen LogP contribution >= 0.6 is 11.6 Å². The van der Waals surface area contributed by atoms with Crippen LogP contribution in [0.3, 0.4) is 0 Å². The Balaban J connectivity index is 1.28. The van der Waals surface area contributed by atoms with Crippen LogP contribution in [0.1, 0.15) is 21.6 Å². The first-order valence-corrected chi connectivity index (χ1v) is 13.5. The molecule has 0 fully saturated rings. The molecule has 0 saturated carbocycles.